The molecule has 3 aromatic carbocycles. The van der Waals surface area contributed by atoms with Crippen molar-refractivity contribution >= 4 is 17.6 Å². The largest absolute Gasteiger partial charge is 0.380 e. The average Bonchev–Trinajstić information content (AvgIpc) is 3.47. The summed E-state index contributed by atoms with van der Waals surface area (Å²) in [7, 11) is 1.68. The van der Waals surface area contributed by atoms with E-state index in [1.54, 1.807) is 12.0 Å². The number of nitrogens with zero attached hydrogens (tertiary/aromatic N) is 3. The van der Waals surface area contributed by atoms with Crippen LogP contribution in [0.3, 0.4) is 0 Å². The van der Waals surface area contributed by atoms with Crippen LogP contribution >= 0.6 is 0 Å². The molecule has 0 atom stereocenters. The maximum atomic E-state index is 13.1. The average molecular weight is 470 g/mol. The maximum Gasteiger partial charge on any atom is 0.332 e. The van der Waals surface area contributed by atoms with Gasteiger partial charge in [-0.1, -0.05) is 60.7 Å². The van der Waals surface area contributed by atoms with E-state index in [9.17, 15) is 9.59 Å². The van der Waals surface area contributed by atoms with E-state index < -0.39 is 0 Å². The van der Waals surface area contributed by atoms with Crippen LogP contribution in [0.1, 0.15) is 29.5 Å². The Morgan fingerprint density at radius 1 is 0.771 bits per heavy atom. The number of rotatable bonds is 8. The first-order valence-electron chi connectivity index (χ1n) is 12.2. The van der Waals surface area contributed by atoms with Gasteiger partial charge in [-0.05, 0) is 65.9 Å². The van der Waals surface area contributed by atoms with Gasteiger partial charge in [-0.15, -0.1) is 0 Å². The number of amides is 3. The summed E-state index contributed by atoms with van der Waals surface area (Å²) in [5.41, 5.74) is 6.13. The third-order valence-corrected chi connectivity index (χ3v) is 6.73. The molecule has 2 aliphatic rings. The number of ether oxygens (including phenoxy) is 1. The molecule has 0 bridgehead atoms. The molecule has 0 N–H and O–H groups in total. The van der Waals surface area contributed by atoms with Crippen LogP contribution in [0.4, 0.5) is 10.5 Å². The van der Waals surface area contributed by atoms with Crippen molar-refractivity contribution < 1.29 is 14.3 Å². The minimum atomic E-state index is -0.267. The van der Waals surface area contributed by atoms with Gasteiger partial charge in [-0.25, -0.2) is 9.69 Å². The lowest BCUT2D eigenvalue weighted by molar-refractivity contribution is -0.116. The fourth-order valence-electron chi connectivity index (χ4n) is 4.94. The highest BCUT2D eigenvalue weighted by molar-refractivity contribution is 6.19. The molecule has 5 rings (SSSR count). The Labute approximate surface area is 206 Å². The van der Waals surface area contributed by atoms with Crippen LogP contribution in [0.5, 0.6) is 0 Å². The number of carbonyl (C=O) groups is 2. The first-order valence-corrected chi connectivity index (χ1v) is 12.2. The summed E-state index contributed by atoms with van der Waals surface area (Å²) in [6.07, 6.45) is 2.53. The number of methoxy groups -OCH3 is 1. The zero-order chi connectivity index (χ0) is 24.2. The van der Waals surface area contributed by atoms with Crippen LogP contribution < -0.4 is 4.90 Å². The predicted octanol–water partition coefficient (Wildman–Crippen LogP) is 5.06. The normalized spacial score (nSPS) is 16.5. The van der Waals surface area contributed by atoms with Crippen LogP contribution in [0.2, 0.25) is 0 Å². The molecule has 2 fully saturated rings. The van der Waals surface area contributed by atoms with Crippen molar-refractivity contribution in [2.24, 2.45) is 0 Å². The zero-order valence-electron chi connectivity index (χ0n) is 20.2. The summed E-state index contributed by atoms with van der Waals surface area (Å²) in [6.45, 7) is 4.34. The van der Waals surface area contributed by atoms with Gasteiger partial charge >= 0.3 is 6.03 Å². The van der Waals surface area contributed by atoms with Crippen molar-refractivity contribution in [3.8, 4) is 11.1 Å². The topological polar surface area (TPSA) is 53.1 Å². The first-order chi connectivity index (χ1) is 17.1. The Hall–Kier alpha value is -3.48. The van der Waals surface area contributed by atoms with E-state index in [2.05, 4.69) is 29.2 Å². The summed E-state index contributed by atoms with van der Waals surface area (Å²) in [4.78, 5) is 31.3. The minimum Gasteiger partial charge on any atom is -0.380 e. The van der Waals surface area contributed by atoms with Crippen molar-refractivity contribution in [1.82, 2.24) is 9.80 Å². The molecule has 0 radical (unpaired) electrons. The van der Waals surface area contributed by atoms with Crippen molar-refractivity contribution in [3.05, 3.63) is 89.5 Å². The molecule has 6 nitrogen and oxygen atoms in total. The Morgan fingerprint density at radius 3 is 2.06 bits per heavy atom. The van der Waals surface area contributed by atoms with E-state index in [-0.39, 0.29) is 18.5 Å². The lowest BCUT2D eigenvalue weighted by Crippen LogP contribution is -2.32. The van der Waals surface area contributed by atoms with Gasteiger partial charge < -0.3 is 9.64 Å². The van der Waals surface area contributed by atoms with Crippen LogP contribution in [-0.2, 0) is 29.2 Å². The highest BCUT2D eigenvalue weighted by atomic mass is 16.5. The van der Waals surface area contributed by atoms with Gasteiger partial charge in [0, 0.05) is 20.2 Å². The van der Waals surface area contributed by atoms with Gasteiger partial charge in [-0.3, -0.25) is 9.69 Å². The lowest BCUT2D eigenvalue weighted by Gasteiger charge is -2.19. The second-order valence-electron chi connectivity index (χ2n) is 9.35. The third-order valence-electron chi connectivity index (χ3n) is 6.73. The van der Waals surface area contributed by atoms with E-state index in [0.29, 0.717) is 18.8 Å². The predicted molar refractivity (Wildman–Crippen MR) is 137 cm³/mol. The van der Waals surface area contributed by atoms with E-state index in [1.807, 2.05) is 48.5 Å². The van der Waals surface area contributed by atoms with Gasteiger partial charge in [0.25, 0.3) is 5.91 Å². The molecule has 3 amide bonds. The Bertz CT molecular complexity index is 1180. The molecule has 0 spiro atoms. The van der Waals surface area contributed by atoms with Crippen LogP contribution in [0.25, 0.3) is 11.1 Å². The third kappa shape index (κ3) is 5.29. The molecule has 2 aliphatic heterocycles. The first kappa shape index (κ1) is 23.3. The molecular formula is C29H31N3O3. The van der Waals surface area contributed by atoms with Crippen molar-refractivity contribution in [3.63, 3.8) is 0 Å². The van der Waals surface area contributed by atoms with Gasteiger partial charge in [0.15, 0.2) is 0 Å². The summed E-state index contributed by atoms with van der Waals surface area (Å²) in [5, 5.41) is 0. The van der Waals surface area contributed by atoms with E-state index >= 15 is 0 Å². The second kappa shape index (κ2) is 10.4. The number of carbonyl (C=O) groups excluding carboxylic acids is 2. The molecule has 35 heavy (non-hydrogen) atoms. The molecule has 0 unspecified atom stereocenters. The number of hydrogen-bond donors (Lipinski definition) is 0. The summed E-state index contributed by atoms with van der Waals surface area (Å²) < 4.78 is 5.17. The second-order valence-corrected chi connectivity index (χ2v) is 9.35. The molecule has 0 aliphatic carbocycles. The van der Waals surface area contributed by atoms with E-state index in [1.165, 1.54) is 23.3 Å². The summed E-state index contributed by atoms with van der Waals surface area (Å²) in [6, 6.07) is 23.9. The lowest BCUT2D eigenvalue weighted by atomic mass is 10.0. The molecule has 0 aromatic heterocycles. The molecule has 6 heteroatoms. The van der Waals surface area contributed by atoms with Crippen molar-refractivity contribution in [1.29, 1.82) is 0 Å². The maximum absolute atomic E-state index is 13.1. The van der Waals surface area contributed by atoms with Crippen molar-refractivity contribution in [2.75, 3.05) is 31.6 Å². The highest BCUT2D eigenvalue weighted by Gasteiger charge is 2.37. The smallest absolute Gasteiger partial charge is 0.332 e. The number of hydrogen-bond acceptors (Lipinski definition) is 4. The SMILES string of the molecule is COCc1ccc(-c2ccc(N3C(=O)CN(Cc4cccc(CN5CCCC5)c4)C3=O)cc2)cc1. The monoisotopic (exact) mass is 469 g/mol. The molecule has 2 saturated heterocycles. The standard InChI is InChI=1S/C29H31N3O3/c1-35-21-22-7-9-25(10-8-22)26-11-13-27(14-12-26)32-28(33)20-31(29(32)34)19-24-6-4-5-23(17-24)18-30-15-2-3-16-30/h4-14,17H,2-3,15-16,18-21H2,1H3. The number of anilines is 1. The number of imide groups is 1. The Morgan fingerprint density at radius 2 is 1.40 bits per heavy atom. The van der Waals surface area contributed by atoms with Gasteiger partial charge in [-0.2, -0.15) is 0 Å². The highest BCUT2D eigenvalue weighted by Crippen LogP contribution is 2.27. The van der Waals surface area contributed by atoms with Crippen LogP contribution in [0, 0.1) is 0 Å². The number of benzene rings is 3. The Kier molecular flexibility index (Phi) is 6.93. The van der Waals surface area contributed by atoms with E-state index in [0.717, 1.165) is 41.9 Å². The molecule has 0 saturated carbocycles. The summed E-state index contributed by atoms with van der Waals surface area (Å²) >= 11 is 0. The van der Waals surface area contributed by atoms with Crippen LogP contribution in [-0.4, -0.2) is 48.5 Å². The Balaban J connectivity index is 1.25. The molecule has 2 heterocycles. The quantitative estimate of drug-likeness (QED) is 0.433. The molecule has 3 aromatic rings. The number of likely N-dealkylation sites (tertiary alicyclic amines) is 1. The fraction of sp³-hybridized carbons (Fsp3) is 0.310. The minimum absolute atomic E-state index is 0.0951. The molecular weight excluding hydrogens is 438 g/mol. The van der Waals surface area contributed by atoms with E-state index in [4.69, 9.17) is 4.74 Å². The number of urea groups is 1. The fourth-order valence-corrected chi connectivity index (χ4v) is 4.94. The van der Waals surface area contributed by atoms with Crippen molar-refractivity contribution in [2.45, 2.75) is 32.5 Å². The van der Waals surface area contributed by atoms with Gasteiger partial charge in [0.1, 0.15) is 6.54 Å². The molecule has 180 valence electrons. The van der Waals surface area contributed by atoms with Gasteiger partial charge in [0.2, 0.25) is 0 Å². The zero-order valence-corrected chi connectivity index (χ0v) is 20.2. The van der Waals surface area contributed by atoms with Gasteiger partial charge in [0.05, 0.1) is 12.3 Å². The van der Waals surface area contributed by atoms with Crippen LogP contribution in [0.15, 0.2) is 72.8 Å². The summed E-state index contributed by atoms with van der Waals surface area (Å²) in [5.74, 6) is -0.195.